The minimum Gasteiger partial charge on any atom is -0.491 e. The number of amides is 2. The van der Waals surface area contributed by atoms with Crippen molar-refractivity contribution in [3.8, 4) is 5.75 Å². The van der Waals surface area contributed by atoms with E-state index >= 15 is 0 Å². The second kappa shape index (κ2) is 13.6. The minimum atomic E-state index is -0.374. The number of halogens is 1. The molecule has 0 bridgehead atoms. The average Bonchev–Trinajstić information content (AvgIpc) is 3.36. The van der Waals surface area contributed by atoms with Crippen molar-refractivity contribution in [3.05, 3.63) is 59.9 Å². The number of hydrogen-bond acceptors (Lipinski definition) is 4. The van der Waals surface area contributed by atoms with E-state index in [2.05, 4.69) is 33.7 Å². The van der Waals surface area contributed by atoms with Gasteiger partial charge in [0.25, 0.3) is 0 Å². The van der Waals surface area contributed by atoms with E-state index < -0.39 is 0 Å². The van der Waals surface area contributed by atoms with Crippen LogP contribution in [0.1, 0.15) is 70.8 Å². The molecular formula is C30H41FN4O2. The summed E-state index contributed by atoms with van der Waals surface area (Å²) in [6.07, 6.45) is 8.79. The number of hydrogen-bond donors (Lipinski definition) is 2. The molecule has 1 aliphatic heterocycles. The van der Waals surface area contributed by atoms with Crippen LogP contribution in [0.4, 0.5) is 14.9 Å². The SMILES string of the molecule is CC(C)Oc1cccc(CN2CCC(CCC(=NC3CCCC3)NC(=O)Nc3cccc(F)c3)CC2)c1. The summed E-state index contributed by atoms with van der Waals surface area (Å²) in [5.74, 6) is 1.94. The number of anilines is 1. The summed E-state index contributed by atoms with van der Waals surface area (Å²) in [5, 5.41) is 5.70. The number of rotatable bonds is 9. The van der Waals surface area contributed by atoms with Crippen molar-refractivity contribution in [1.82, 2.24) is 10.2 Å². The highest BCUT2D eigenvalue weighted by molar-refractivity contribution is 6.03. The smallest absolute Gasteiger partial charge is 0.324 e. The zero-order chi connectivity index (χ0) is 26.0. The monoisotopic (exact) mass is 508 g/mol. The molecule has 1 aliphatic carbocycles. The third-order valence-electron chi connectivity index (χ3n) is 7.18. The Kier molecular flexibility index (Phi) is 9.94. The second-order valence-corrected chi connectivity index (χ2v) is 10.7. The average molecular weight is 509 g/mol. The summed E-state index contributed by atoms with van der Waals surface area (Å²) in [4.78, 5) is 20.0. The third-order valence-corrected chi connectivity index (χ3v) is 7.18. The van der Waals surface area contributed by atoms with Gasteiger partial charge in [0.2, 0.25) is 0 Å². The lowest BCUT2D eigenvalue weighted by Gasteiger charge is -2.32. The van der Waals surface area contributed by atoms with E-state index in [0.717, 1.165) is 69.7 Å². The highest BCUT2D eigenvalue weighted by Gasteiger charge is 2.21. The summed E-state index contributed by atoms with van der Waals surface area (Å²) in [6.45, 7) is 7.19. The molecule has 0 unspecified atom stereocenters. The Hall–Kier alpha value is -2.93. The number of ether oxygens (including phenoxy) is 1. The normalized spacial score (nSPS) is 17.8. The predicted molar refractivity (Wildman–Crippen MR) is 148 cm³/mol. The first-order valence-corrected chi connectivity index (χ1v) is 13.8. The Morgan fingerprint density at radius 2 is 1.84 bits per heavy atom. The molecule has 2 amide bonds. The molecule has 37 heavy (non-hydrogen) atoms. The Balaban J connectivity index is 1.26. The standard InChI is InChI=1S/C30H41FN4O2/c1-22(2)37-28-12-5-7-24(19-28)21-35-17-15-23(16-18-35)13-14-29(32-26-9-3-4-10-26)34-30(36)33-27-11-6-8-25(31)20-27/h5-8,11-12,19-20,22-23,26H,3-4,9-10,13-18,21H2,1-2H3,(H2,32,33,34,36). The Morgan fingerprint density at radius 3 is 2.57 bits per heavy atom. The number of carbonyl (C=O) groups excluding carboxylic acids is 1. The predicted octanol–water partition coefficient (Wildman–Crippen LogP) is 6.77. The van der Waals surface area contributed by atoms with Gasteiger partial charge in [-0.05, 0) is 101 Å². The van der Waals surface area contributed by atoms with Crippen molar-refractivity contribution in [1.29, 1.82) is 0 Å². The maximum atomic E-state index is 13.5. The van der Waals surface area contributed by atoms with Gasteiger partial charge in [-0.1, -0.05) is 31.0 Å². The zero-order valence-corrected chi connectivity index (χ0v) is 22.2. The molecule has 4 rings (SSSR count). The molecule has 7 heteroatoms. The fourth-order valence-corrected chi connectivity index (χ4v) is 5.29. The summed E-state index contributed by atoms with van der Waals surface area (Å²) >= 11 is 0. The van der Waals surface area contributed by atoms with Gasteiger partial charge in [0.1, 0.15) is 17.4 Å². The van der Waals surface area contributed by atoms with Gasteiger partial charge < -0.3 is 10.1 Å². The summed E-state index contributed by atoms with van der Waals surface area (Å²) in [6, 6.07) is 14.3. The molecule has 0 aromatic heterocycles. The molecular weight excluding hydrogens is 467 g/mol. The lowest BCUT2D eigenvalue weighted by atomic mass is 9.91. The van der Waals surface area contributed by atoms with Gasteiger partial charge in [0.05, 0.1) is 12.1 Å². The van der Waals surface area contributed by atoms with E-state index in [1.165, 1.54) is 30.5 Å². The lowest BCUT2D eigenvalue weighted by Crippen LogP contribution is -2.36. The largest absolute Gasteiger partial charge is 0.491 e. The van der Waals surface area contributed by atoms with E-state index in [1.54, 1.807) is 12.1 Å². The highest BCUT2D eigenvalue weighted by Crippen LogP contribution is 2.26. The van der Waals surface area contributed by atoms with E-state index in [9.17, 15) is 9.18 Å². The van der Waals surface area contributed by atoms with Crippen LogP contribution in [0.5, 0.6) is 5.75 Å². The van der Waals surface area contributed by atoms with Crippen molar-refractivity contribution in [2.24, 2.45) is 10.9 Å². The van der Waals surface area contributed by atoms with Crippen molar-refractivity contribution < 1.29 is 13.9 Å². The van der Waals surface area contributed by atoms with Crippen LogP contribution in [-0.2, 0) is 6.54 Å². The third kappa shape index (κ3) is 9.15. The minimum absolute atomic E-state index is 0.176. The molecule has 2 aromatic carbocycles. The first-order valence-electron chi connectivity index (χ1n) is 13.8. The van der Waals surface area contributed by atoms with Gasteiger partial charge in [-0.25, -0.2) is 9.18 Å². The van der Waals surface area contributed by atoms with Crippen molar-refractivity contribution in [2.75, 3.05) is 18.4 Å². The van der Waals surface area contributed by atoms with Crippen LogP contribution < -0.4 is 15.4 Å². The fraction of sp³-hybridized carbons (Fsp3) is 0.533. The Labute approximate surface area is 220 Å². The number of piperidine rings is 1. The van der Waals surface area contributed by atoms with Crippen LogP contribution >= 0.6 is 0 Å². The first kappa shape index (κ1) is 27.1. The Bertz CT molecular complexity index is 1040. The molecule has 1 saturated carbocycles. The van der Waals surface area contributed by atoms with E-state index in [-0.39, 0.29) is 18.0 Å². The molecule has 2 aliphatic rings. The molecule has 1 heterocycles. The number of nitrogens with one attached hydrogen (secondary N) is 2. The van der Waals surface area contributed by atoms with Gasteiger partial charge in [0.15, 0.2) is 0 Å². The molecule has 2 N–H and O–H groups in total. The molecule has 2 fully saturated rings. The Morgan fingerprint density at radius 1 is 1.08 bits per heavy atom. The molecule has 1 saturated heterocycles. The van der Waals surface area contributed by atoms with Crippen molar-refractivity contribution >= 4 is 17.6 Å². The van der Waals surface area contributed by atoms with Gasteiger partial charge >= 0.3 is 6.03 Å². The summed E-state index contributed by atoms with van der Waals surface area (Å²) in [7, 11) is 0. The number of amidine groups is 1. The quantitative estimate of drug-likeness (QED) is 0.290. The molecule has 200 valence electrons. The topological polar surface area (TPSA) is 66.0 Å². The van der Waals surface area contributed by atoms with Crippen molar-refractivity contribution in [2.45, 2.75) is 83.9 Å². The summed E-state index contributed by atoms with van der Waals surface area (Å²) in [5.41, 5.74) is 1.72. The number of benzene rings is 2. The molecule has 0 spiro atoms. The lowest BCUT2D eigenvalue weighted by molar-refractivity contribution is 0.173. The van der Waals surface area contributed by atoms with Crippen LogP contribution in [0.2, 0.25) is 0 Å². The second-order valence-electron chi connectivity index (χ2n) is 10.7. The van der Waals surface area contributed by atoms with Crippen LogP contribution in [0, 0.1) is 11.7 Å². The van der Waals surface area contributed by atoms with E-state index in [0.29, 0.717) is 17.6 Å². The van der Waals surface area contributed by atoms with Crippen molar-refractivity contribution in [3.63, 3.8) is 0 Å². The number of likely N-dealkylation sites (tertiary alicyclic amines) is 1. The number of nitrogens with zero attached hydrogens (tertiary/aromatic N) is 2. The van der Waals surface area contributed by atoms with Crippen LogP contribution in [0.3, 0.4) is 0 Å². The molecule has 0 radical (unpaired) electrons. The molecule has 6 nitrogen and oxygen atoms in total. The van der Waals surface area contributed by atoms with Crippen LogP contribution in [0.25, 0.3) is 0 Å². The van der Waals surface area contributed by atoms with E-state index in [4.69, 9.17) is 9.73 Å². The highest BCUT2D eigenvalue weighted by atomic mass is 19.1. The number of aliphatic imine (C=N–C) groups is 1. The number of urea groups is 1. The van der Waals surface area contributed by atoms with Gasteiger partial charge in [-0.2, -0.15) is 0 Å². The fourth-order valence-electron chi connectivity index (χ4n) is 5.29. The van der Waals surface area contributed by atoms with Gasteiger partial charge in [-0.3, -0.25) is 15.2 Å². The molecule has 0 atom stereocenters. The van der Waals surface area contributed by atoms with Gasteiger partial charge in [0, 0.05) is 18.7 Å². The van der Waals surface area contributed by atoms with Crippen LogP contribution in [0.15, 0.2) is 53.5 Å². The zero-order valence-electron chi connectivity index (χ0n) is 22.2. The van der Waals surface area contributed by atoms with Crippen LogP contribution in [-0.4, -0.2) is 42.0 Å². The number of carbonyl (C=O) groups is 1. The first-order chi connectivity index (χ1) is 17.9. The maximum Gasteiger partial charge on any atom is 0.324 e. The van der Waals surface area contributed by atoms with E-state index in [1.807, 2.05) is 19.9 Å². The summed E-state index contributed by atoms with van der Waals surface area (Å²) < 4.78 is 19.3. The maximum absolute atomic E-state index is 13.5. The molecule has 2 aromatic rings. The van der Waals surface area contributed by atoms with Gasteiger partial charge in [-0.15, -0.1) is 0 Å².